The van der Waals surface area contributed by atoms with Crippen LogP contribution in [0.2, 0.25) is 0 Å². The molecule has 1 aliphatic heterocycles. The van der Waals surface area contributed by atoms with Crippen LogP contribution in [0.15, 0.2) is 48.7 Å². The fraction of sp³-hybridized carbons (Fsp3) is 0.481. The maximum absolute atomic E-state index is 13.5. The molecule has 5 nitrogen and oxygen atoms in total. The number of carbonyl (C=O) groups is 1. The standard InChI is InChI=1S/C27H34N4O/c1-20-11-10-18-31-24(25(29-26(20)31)27(32)30-16-8-3-9-17-30)19-28-23-15-7-6-14-22(23)21-12-4-2-5-13-21/h2,4-5,10-13,18,22-23,28H,3,6-9,14-17,19H2,1H3/t22-,23+/m0/s1. The smallest absolute Gasteiger partial charge is 0.274 e. The second-order valence-corrected chi connectivity index (χ2v) is 9.43. The van der Waals surface area contributed by atoms with E-state index < -0.39 is 0 Å². The highest BCUT2D eigenvalue weighted by Gasteiger charge is 2.29. The number of nitrogens with zero attached hydrogens (tertiary/aromatic N) is 3. The number of nitrogens with one attached hydrogen (secondary N) is 1. The largest absolute Gasteiger partial charge is 0.337 e. The highest BCUT2D eigenvalue weighted by atomic mass is 16.2. The summed E-state index contributed by atoms with van der Waals surface area (Å²) in [4.78, 5) is 20.3. The molecular formula is C27H34N4O. The Hall–Kier alpha value is -2.66. The monoisotopic (exact) mass is 430 g/mol. The molecule has 1 aromatic carbocycles. The number of hydrogen-bond donors (Lipinski definition) is 1. The van der Waals surface area contributed by atoms with Gasteiger partial charge in [0.25, 0.3) is 5.91 Å². The van der Waals surface area contributed by atoms with E-state index in [1.54, 1.807) is 0 Å². The van der Waals surface area contributed by atoms with Crippen LogP contribution in [0.25, 0.3) is 5.65 Å². The van der Waals surface area contributed by atoms with Gasteiger partial charge in [-0.25, -0.2) is 4.98 Å². The van der Waals surface area contributed by atoms with Crippen LogP contribution < -0.4 is 5.32 Å². The fourth-order valence-electron chi connectivity index (χ4n) is 5.54. The summed E-state index contributed by atoms with van der Waals surface area (Å²) < 4.78 is 2.12. The van der Waals surface area contributed by atoms with Crippen LogP contribution in [0.3, 0.4) is 0 Å². The molecule has 1 amide bonds. The normalized spacial score (nSPS) is 21.7. The van der Waals surface area contributed by atoms with Gasteiger partial charge < -0.3 is 14.6 Å². The van der Waals surface area contributed by atoms with E-state index >= 15 is 0 Å². The summed E-state index contributed by atoms with van der Waals surface area (Å²) in [5, 5.41) is 3.85. The first-order chi connectivity index (χ1) is 15.7. The molecule has 0 spiro atoms. The summed E-state index contributed by atoms with van der Waals surface area (Å²) in [5.41, 5.74) is 5.04. The van der Waals surface area contributed by atoms with E-state index in [4.69, 9.17) is 4.98 Å². The molecule has 0 bridgehead atoms. The molecule has 2 atom stereocenters. The Balaban J connectivity index is 1.44. The number of hydrogen-bond acceptors (Lipinski definition) is 3. The van der Waals surface area contributed by atoms with Crippen LogP contribution in [0.4, 0.5) is 0 Å². The Bertz CT molecular complexity index is 1070. The summed E-state index contributed by atoms with van der Waals surface area (Å²) in [7, 11) is 0. The number of pyridine rings is 1. The van der Waals surface area contributed by atoms with Gasteiger partial charge in [0.1, 0.15) is 5.65 Å². The number of fused-ring (bicyclic) bond motifs is 1. The molecule has 5 rings (SSSR count). The summed E-state index contributed by atoms with van der Waals surface area (Å²) >= 11 is 0. The predicted molar refractivity (Wildman–Crippen MR) is 128 cm³/mol. The van der Waals surface area contributed by atoms with Crippen molar-refractivity contribution in [2.24, 2.45) is 0 Å². The number of rotatable bonds is 5. The lowest BCUT2D eigenvalue weighted by Gasteiger charge is -2.33. The van der Waals surface area contributed by atoms with Gasteiger partial charge >= 0.3 is 0 Å². The van der Waals surface area contributed by atoms with Crippen molar-refractivity contribution in [3.8, 4) is 0 Å². The number of likely N-dealkylation sites (tertiary alicyclic amines) is 1. The Morgan fingerprint density at radius 3 is 2.59 bits per heavy atom. The third-order valence-electron chi connectivity index (χ3n) is 7.32. The van der Waals surface area contributed by atoms with Crippen LogP contribution in [0, 0.1) is 6.92 Å². The zero-order chi connectivity index (χ0) is 21.9. The lowest BCUT2D eigenvalue weighted by molar-refractivity contribution is 0.0717. The summed E-state index contributed by atoms with van der Waals surface area (Å²) in [5.74, 6) is 0.611. The van der Waals surface area contributed by atoms with Crippen molar-refractivity contribution in [1.29, 1.82) is 0 Å². The van der Waals surface area contributed by atoms with E-state index in [-0.39, 0.29) is 5.91 Å². The van der Waals surface area contributed by atoms with E-state index in [1.807, 2.05) is 4.90 Å². The zero-order valence-corrected chi connectivity index (χ0v) is 19.1. The summed E-state index contributed by atoms with van der Waals surface area (Å²) in [6, 6.07) is 15.4. The van der Waals surface area contributed by atoms with Crippen LogP contribution in [-0.4, -0.2) is 39.3 Å². The number of aryl methyl sites for hydroxylation is 1. The molecule has 2 aliphatic rings. The molecule has 1 saturated carbocycles. The molecule has 5 heteroatoms. The Labute approximate surface area is 190 Å². The molecule has 1 aliphatic carbocycles. The second-order valence-electron chi connectivity index (χ2n) is 9.43. The van der Waals surface area contributed by atoms with Crippen LogP contribution in [-0.2, 0) is 6.54 Å². The van der Waals surface area contributed by atoms with Gasteiger partial charge in [0, 0.05) is 31.9 Å². The van der Waals surface area contributed by atoms with Crippen molar-refractivity contribution in [2.45, 2.75) is 70.4 Å². The van der Waals surface area contributed by atoms with Crippen molar-refractivity contribution in [3.63, 3.8) is 0 Å². The lowest BCUT2D eigenvalue weighted by atomic mass is 9.80. The number of benzene rings is 1. The van der Waals surface area contributed by atoms with Crippen molar-refractivity contribution < 1.29 is 4.79 Å². The molecule has 1 N–H and O–H groups in total. The Kier molecular flexibility index (Phi) is 6.26. The average Bonchev–Trinajstić information content (AvgIpc) is 3.23. The first kappa shape index (κ1) is 21.2. The molecule has 32 heavy (non-hydrogen) atoms. The summed E-state index contributed by atoms with van der Waals surface area (Å²) in [6.45, 7) is 4.42. The first-order valence-electron chi connectivity index (χ1n) is 12.3. The maximum Gasteiger partial charge on any atom is 0.274 e. The Morgan fingerprint density at radius 2 is 1.78 bits per heavy atom. The zero-order valence-electron chi connectivity index (χ0n) is 19.1. The number of carbonyl (C=O) groups excluding carboxylic acids is 1. The predicted octanol–water partition coefficient (Wildman–Crippen LogP) is 5.08. The molecule has 2 aromatic heterocycles. The minimum absolute atomic E-state index is 0.0906. The van der Waals surface area contributed by atoms with E-state index in [1.165, 1.54) is 37.7 Å². The van der Waals surface area contributed by atoms with Crippen LogP contribution in [0.5, 0.6) is 0 Å². The van der Waals surface area contributed by atoms with Gasteiger partial charge in [0.2, 0.25) is 0 Å². The Morgan fingerprint density at radius 1 is 1.00 bits per heavy atom. The lowest BCUT2D eigenvalue weighted by Crippen LogP contribution is -2.39. The van der Waals surface area contributed by atoms with E-state index in [2.05, 4.69) is 65.3 Å². The number of aromatic nitrogens is 2. The number of piperidine rings is 1. The van der Waals surface area contributed by atoms with Crippen LogP contribution >= 0.6 is 0 Å². The van der Waals surface area contributed by atoms with E-state index in [0.717, 1.165) is 42.8 Å². The number of imidazole rings is 1. The van der Waals surface area contributed by atoms with Crippen molar-refractivity contribution in [1.82, 2.24) is 19.6 Å². The van der Waals surface area contributed by atoms with Gasteiger partial charge in [-0.3, -0.25) is 4.79 Å². The molecule has 0 radical (unpaired) electrons. The highest BCUT2D eigenvalue weighted by molar-refractivity contribution is 5.94. The molecule has 168 valence electrons. The quantitative estimate of drug-likeness (QED) is 0.614. The minimum atomic E-state index is 0.0906. The van der Waals surface area contributed by atoms with Crippen molar-refractivity contribution >= 4 is 11.6 Å². The summed E-state index contributed by atoms with van der Waals surface area (Å²) in [6.07, 6.45) is 10.4. The minimum Gasteiger partial charge on any atom is -0.337 e. The van der Waals surface area contributed by atoms with Gasteiger partial charge in [-0.1, -0.05) is 49.2 Å². The number of amides is 1. The van der Waals surface area contributed by atoms with Gasteiger partial charge in [0.15, 0.2) is 5.69 Å². The highest BCUT2D eigenvalue weighted by Crippen LogP contribution is 2.33. The molecule has 2 fully saturated rings. The van der Waals surface area contributed by atoms with Crippen molar-refractivity contribution in [3.05, 3.63) is 71.2 Å². The molecule has 3 aromatic rings. The second kappa shape index (κ2) is 9.45. The van der Waals surface area contributed by atoms with Crippen molar-refractivity contribution in [2.75, 3.05) is 13.1 Å². The van der Waals surface area contributed by atoms with E-state index in [9.17, 15) is 4.79 Å². The third kappa shape index (κ3) is 4.18. The molecular weight excluding hydrogens is 396 g/mol. The molecule has 0 unspecified atom stereocenters. The SMILES string of the molecule is Cc1cccn2c(CN[C@@H]3CCCC[C@H]3c3ccccc3)c(C(=O)N3CCCCC3)nc12. The topological polar surface area (TPSA) is 49.6 Å². The van der Waals surface area contributed by atoms with E-state index in [0.29, 0.717) is 24.2 Å². The van der Waals surface area contributed by atoms with Crippen LogP contribution in [0.1, 0.15) is 78.2 Å². The van der Waals surface area contributed by atoms with Gasteiger partial charge in [-0.2, -0.15) is 0 Å². The molecule has 1 saturated heterocycles. The van der Waals surface area contributed by atoms with Gasteiger partial charge in [-0.05, 0) is 62.1 Å². The maximum atomic E-state index is 13.5. The third-order valence-corrected chi connectivity index (χ3v) is 7.32. The van der Waals surface area contributed by atoms with Gasteiger partial charge in [0.05, 0.1) is 5.69 Å². The molecule has 3 heterocycles. The van der Waals surface area contributed by atoms with Gasteiger partial charge in [-0.15, -0.1) is 0 Å². The fourth-order valence-corrected chi connectivity index (χ4v) is 5.54. The first-order valence-corrected chi connectivity index (χ1v) is 12.3. The average molecular weight is 431 g/mol.